The summed E-state index contributed by atoms with van der Waals surface area (Å²) < 4.78 is 5.87. The van der Waals surface area contributed by atoms with Gasteiger partial charge < -0.3 is 9.52 Å². The Labute approximate surface area is 144 Å². The van der Waals surface area contributed by atoms with E-state index in [2.05, 4.69) is 45.8 Å². The summed E-state index contributed by atoms with van der Waals surface area (Å²) >= 11 is 3.38. The highest BCUT2D eigenvalue weighted by atomic mass is 32.1. The maximum atomic E-state index is 9.32. The van der Waals surface area contributed by atoms with Crippen LogP contribution < -0.4 is 0 Å². The van der Waals surface area contributed by atoms with Crippen molar-refractivity contribution in [2.24, 2.45) is 0 Å². The average Bonchev–Trinajstić information content (AvgIpc) is 3.23. The van der Waals surface area contributed by atoms with E-state index < -0.39 is 0 Å². The Bertz CT molecular complexity index is 747. The highest BCUT2D eigenvalue weighted by Gasteiger charge is 2.17. The molecule has 1 N–H and O–H groups in total. The van der Waals surface area contributed by atoms with Gasteiger partial charge in [0.15, 0.2) is 0 Å². The molecule has 0 fully saturated rings. The van der Waals surface area contributed by atoms with Crippen molar-refractivity contribution < 1.29 is 9.52 Å². The third kappa shape index (κ3) is 3.90. The highest BCUT2D eigenvalue weighted by Crippen LogP contribution is 2.30. The molecule has 0 saturated carbocycles. The lowest BCUT2D eigenvalue weighted by atomic mass is 10.3. The molecule has 0 bridgehead atoms. The fraction of sp³-hybridized carbons (Fsp3) is 0.353. The lowest BCUT2D eigenvalue weighted by molar-refractivity contribution is 0.183. The van der Waals surface area contributed by atoms with Crippen LogP contribution >= 0.6 is 22.7 Å². The molecule has 3 aromatic heterocycles. The van der Waals surface area contributed by atoms with Gasteiger partial charge in [-0.1, -0.05) is 6.07 Å². The molecule has 3 aromatic rings. The van der Waals surface area contributed by atoms with Gasteiger partial charge in [0, 0.05) is 24.5 Å². The third-order valence-electron chi connectivity index (χ3n) is 3.70. The monoisotopic (exact) mass is 348 g/mol. The summed E-state index contributed by atoms with van der Waals surface area (Å²) in [7, 11) is 0. The van der Waals surface area contributed by atoms with Crippen molar-refractivity contribution in [3.05, 3.63) is 50.9 Å². The number of hydrogen-bond acceptors (Lipinski definition) is 6. The lowest BCUT2D eigenvalue weighted by Crippen LogP contribution is -2.26. The number of aliphatic hydroxyl groups is 1. The first-order chi connectivity index (χ1) is 11.2. The SMILES string of the molecule is Cc1ccsc1-c1nc(CN(CCO)Cc2cccs2)c(C)o1. The number of rotatable bonds is 7. The van der Waals surface area contributed by atoms with Gasteiger partial charge in [0.25, 0.3) is 0 Å². The smallest absolute Gasteiger partial charge is 0.237 e. The molecule has 23 heavy (non-hydrogen) atoms. The Morgan fingerprint density at radius 3 is 2.70 bits per heavy atom. The Morgan fingerprint density at radius 1 is 1.17 bits per heavy atom. The predicted molar refractivity (Wildman–Crippen MR) is 94.8 cm³/mol. The van der Waals surface area contributed by atoms with E-state index in [1.54, 1.807) is 22.7 Å². The quantitative estimate of drug-likeness (QED) is 0.699. The second-order valence-electron chi connectivity index (χ2n) is 5.47. The molecule has 3 rings (SSSR count). The Balaban J connectivity index is 1.77. The van der Waals surface area contributed by atoms with Crippen LogP contribution in [0.1, 0.15) is 21.9 Å². The first-order valence-electron chi connectivity index (χ1n) is 7.53. The van der Waals surface area contributed by atoms with Gasteiger partial charge in [-0.05, 0) is 42.3 Å². The minimum Gasteiger partial charge on any atom is -0.440 e. The molecule has 0 saturated heterocycles. The van der Waals surface area contributed by atoms with Gasteiger partial charge in [0.2, 0.25) is 5.89 Å². The van der Waals surface area contributed by atoms with Crippen molar-refractivity contribution in [2.45, 2.75) is 26.9 Å². The minimum atomic E-state index is 0.138. The second kappa shape index (κ2) is 7.40. The molecule has 0 aliphatic rings. The van der Waals surface area contributed by atoms with Gasteiger partial charge in [-0.15, -0.1) is 22.7 Å². The number of aromatic nitrogens is 1. The molecule has 0 radical (unpaired) electrons. The van der Waals surface area contributed by atoms with Crippen molar-refractivity contribution in [3.63, 3.8) is 0 Å². The topological polar surface area (TPSA) is 49.5 Å². The molecule has 0 atom stereocenters. The molecule has 6 heteroatoms. The van der Waals surface area contributed by atoms with Crippen molar-refractivity contribution in [1.29, 1.82) is 0 Å². The molecule has 0 aromatic carbocycles. The predicted octanol–water partition coefficient (Wildman–Crippen LogP) is 4.08. The van der Waals surface area contributed by atoms with Gasteiger partial charge in [0.05, 0.1) is 17.2 Å². The normalized spacial score (nSPS) is 11.5. The molecular weight excluding hydrogens is 328 g/mol. The highest BCUT2D eigenvalue weighted by molar-refractivity contribution is 7.13. The third-order valence-corrected chi connectivity index (χ3v) is 5.56. The van der Waals surface area contributed by atoms with Crippen molar-refractivity contribution in [2.75, 3.05) is 13.2 Å². The molecule has 4 nitrogen and oxygen atoms in total. The number of oxazole rings is 1. The Morgan fingerprint density at radius 2 is 2.04 bits per heavy atom. The maximum absolute atomic E-state index is 9.32. The van der Waals surface area contributed by atoms with Gasteiger partial charge >= 0.3 is 0 Å². The maximum Gasteiger partial charge on any atom is 0.237 e. The molecule has 122 valence electrons. The van der Waals surface area contributed by atoms with E-state index in [-0.39, 0.29) is 6.61 Å². The zero-order chi connectivity index (χ0) is 16.2. The zero-order valence-corrected chi connectivity index (χ0v) is 14.9. The van der Waals surface area contributed by atoms with Crippen LogP contribution in [0.3, 0.4) is 0 Å². The number of aryl methyl sites for hydroxylation is 2. The first kappa shape index (κ1) is 16.4. The molecule has 0 aliphatic heterocycles. The summed E-state index contributed by atoms with van der Waals surface area (Å²) in [6.45, 7) is 6.28. The fourth-order valence-corrected chi connectivity index (χ4v) is 4.05. The number of thiophene rings is 2. The van der Waals surface area contributed by atoms with Crippen LogP contribution in [0.25, 0.3) is 10.8 Å². The van der Waals surface area contributed by atoms with Crippen LogP contribution in [0, 0.1) is 13.8 Å². The van der Waals surface area contributed by atoms with Gasteiger partial charge in [-0.3, -0.25) is 4.90 Å². The Kier molecular flexibility index (Phi) is 5.27. The van der Waals surface area contributed by atoms with Gasteiger partial charge in [0.1, 0.15) is 5.76 Å². The molecule has 0 unspecified atom stereocenters. The minimum absolute atomic E-state index is 0.138. The van der Waals surface area contributed by atoms with E-state index in [0.717, 1.165) is 22.9 Å². The summed E-state index contributed by atoms with van der Waals surface area (Å²) in [5.74, 6) is 1.55. The molecule has 0 amide bonds. The van der Waals surface area contributed by atoms with Gasteiger partial charge in [-0.25, -0.2) is 4.98 Å². The largest absolute Gasteiger partial charge is 0.440 e. The van der Waals surface area contributed by atoms with E-state index in [1.165, 1.54) is 10.4 Å². The first-order valence-corrected chi connectivity index (χ1v) is 9.29. The van der Waals surface area contributed by atoms with E-state index in [4.69, 9.17) is 4.42 Å². The van der Waals surface area contributed by atoms with Crippen LogP contribution in [0.4, 0.5) is 0 Å². The molecule has 0 aliphatic carbocycles. The van der Waals surface area contributed by atoms with Gasteiger partial charge in [-0.2, -0.15) is 0 Å². The van der Waals surface area contributed by atoms with Crippen LogP contribution in [-0.2, 0) is 13.1 Å². The summed E-state index contributed by atoms with van der Waals surface area (Å²) in [6, 6.07) is 6.25. The van der Waals surface area contributed by atoms with Crippen molar-refractivity contribution in [1.82, 2.24) is 9.88 Å². The van der Waals surface area contributed by atoms with E-state index in [1.807, 2.05) is 6.92 Å². The summed E-state index contributed by atoms with van der Waals surface area (Å²) in [5, 5.41) is 13.5. The molecule has 0 spiro atoms. The lowest BCUT2D eigenvalue weighted by Gasteiger charge is -2.19. The van der Waals surface area contributed by atoms with Crippen LogP contribution in [-0.4, -0.2) is 28.1 Å². The second-order valence-corrected chi connectivity index (χ2v) is 7.42. The number of nitrogens with zero attached hydrogens (tertiary/aromatic N) is 2. The van der Waals surface area contributed by atoms with Crippen LogP contribution in [0.2, 0.25) is 0 Å². The Hall–Kier alpha value is -1.47. The zero-order valence-electron chi connectivity index (χ0n) is 13.3. The van der Waals surface area contributed by atoms with Crippen molar-refractivity contribution in [3.8, 4) is 10.8 Å². The summed E-state index contributed by atoms with van der Waals surface area (Å²) in [5.41, 5.74) is 2.13. The number of aliphatic hydroxyl groups excluding tert-OH is 1. The van der Waals surface area contributed by atoms with Crippen LogP contribution in [0.15, 0.2) is 33.4 Å². The average molecular weight is 348 g/mol. The standard InChI is InChI=1S/C17H20N2O2S2/c1-12-5-9-23-16(12)17-18-15(13(2)21-17)11-19(6-7-20)10-14-4-3-8-22-14/h3-5,8-9,20H,6-7,10-11H2,1-2H3. The van der Waals surface area contributed by atoms with E-state index in [9.17, 15) is 5.11 Å². The summed E-state index contributed by atoms with van der Waals surface area (Å²) in [4.78, 5) is 9.26. The molecule has 3 heterocycles. The fourth-order valence-electron chi connectivity index (χ4n) is 2.45. The van der Waals surface area contributed by atoms with Crippen LogP contribution in [0.5, 0.6) is 0 Å². The van der Waals surface area contributed by atoms with Crippen molar-refractivity contribution >= 4 is 22.7 Å². The summed E-state index contributed by atoms with van der Waals surface area (Å²) in [6.07, 6.45) is 0. The molecular formula is C17H20N2O2S2. The number of hydrogen-bond donors (Lipinski definition) is 1. The van der Waals surface area contributed by atoms with E-state index >= 15 is 0 Å². The van der Waals surface area contributed by atoms with E-state index in [0.29, 0.717) is 19.0 Å².